The Morgan fingerprint density at radius 1 is 1.45 bits per heavy atom. The fourth-order valence-corrected chi connectivity index (χ4v) is 1.56. The third-order valence-corrected chi connectivity index (χ3v) is 2.48. The van der Waals surface area contributed by atoms with Crippen LogP contribution in [-0.2, 0) is 0 Å². The molecule has 0 aliphatic heterocycles. The molecule has 0 aliphatic carbocycles. The van der Waals surface area contributed by atoms with E-state index in [4.69, 9.17) is 4.74 Å². The molecule has 2 rings (SSSR count). The first kappa shape index (κ1) is 13.6. The van der Waals surface area contributed by atoms with Crippen molar-refractivity contribution in [1.29, 1.82) is 0 Å². The molecule has 0 spiro atoms. The number of ether oxygens (including phenoxy) is 1. The zero-order valence-corrected chi connectivity index (χ0v) is 11.0. The number of hydrazone groups is 1. The Hall–Kier alpha value is -2.83. The number of nitrogens with one attached hydrogen (secondary N) is 2. The summed E-state index contributed by atoms with van der Waals surface area (Å²) < 4.78 is 5.05. The quantitative estimate of drug-likeness (QED) is 0.575. The number of hydrogen-bond donors (Lipinski definition) is 3. The summed E-state index contributed by atoms with van der Waals surface area (Å²) in [6.45, 7) is 1.71. The Kier molecular flexibility index (Phi) is 3.99. The van der Waals surface area contributed by atoms with Crippen molar-refractivity contribution in [2.24, 2.45) is 5.10 Å². The number of hydrogen-bond acceptors (Lipinski definition) is 6. The first-order valence-electron chi connectivity index (χ1n) is 5.82. The first-order chi connectivity index (χ1) is 9.58. The second-order valence-corrected chi connectivity index (χ2v) is 4.03. The fraction of sp³-hybridized carbons (Fsp3) is 0.154. The summed E-state index contributed by atoms with van der Waals surface area (Å²) in [4.78, 5) is 17.8. The summed E-state index contributed by atoms with van der Waals surface area (Å²) >= 11 is 0. The lowest BCUT2D eigenvalue weighted by molar-refractivity contribution is 0.412. The molecular formula is C13H14N4O3. The highest BCUT2D eigenvalue weighted by molar-refractivity contribution is 5.84. The van der Waals surface area contributed by atoms with Crippen LogP contribution in [0.2, 0.25) is 0 Å². The van der Waals surface area contributed by atoms with E-state index in [0.717, 1.165) is 0 Å². The van der Waals surface area contributed by atoms with Crippen molar-refractivity contribution in [1.82, 2.24) is 9.97 Å². The number of phenolic OH excluding ortho intramolecular Hbond substituents is 1. The Labute approximate surface area is 115 Å². The third kappa shape index (κ3) is 3.35. The van der Waals surface area contributed by atoms with Gasteiger partial charge in [0.15, 0.2) is 0 Å². The molecule has 0 unspecified atom stereocenters. The molecule has 1 aromatic heterocycles. The number of aromatic amines is 1. The van der Waals surface area contributed by atoms with Gasteiger partial charge >= 0.3 is 0 Å². The maximum Gasteiger partial charge on any atom is 0.252 e. The molecule has 7 heteroatoms. The van der Waals surface area contributed by atoms with E-state index in [1.807, 2.05) is 0 Å². The molecule has 0 aliphatic rings. The van der Waals surface area contributed by atoms with Crippen LogP contribution in [0.1, 0.15) is 11.3 Å². The summed E-state index contributed by atoms with van der Waals surface area (Å²) in [5, 5.41) is 13.6. The molecule has 0 atom stereocenters. The molecule has 0 saturated heterocycles. The number of nitrogens with zero attached hydrogens (tertiary/aromatic N) is 2. The summed E-state index contributed by atoms with van der Waals surface area (Å²) in [5.74, 6) is 0.905. The normalized spacial score (nSPS) is 10.7. The summed E-state index contributed by atoms with van der Waals surface area (Å²) in [5.41, 5.74) is 3.38. The molecule has 0 bridgehead atoms. The monoisotopic (exact) mass is 274 g/mol. The Morgan fingerprint density at radius 2 is 2.25 bits per heavy atom. The maximum absolute atomic E-state index is 11.2. The molecule has 0 fully saturated rings. The van der Waals surface area contributed by atoms with Crippen LogP contribution in [0.25, 0.3) is 0 Å². The number of H-pyrrole nitrogens is 1. The Balaban J connectivity index is 2.15. The fourth-order valence-electron chi connectivity index (χ4n) is 1.56. The molecule has 0 saturated carbocycles. The van der Waals surface area contributed by atoms with E-state index in [1.54, 1.807) is 19.1 Å². The minimum absolute atomic E-state index is 0.0713. The van der Waals surface area contributed by atoms with Crippen molar-refractivity contribution in [2.75, 3.05) is 12.5 Å². The molecule has 0 amide bonds. The van der Waals surface area contributed by atoms with Gasteiger partial charge in [0.05, 0.1) is 13.3 Å². The lowest BCUT2D eigenvalue weighted by atomic mass is 10.2. The average Bonchev–Trinajstić information content (AvgIpc) is 2.40. The summed E-state index contributed by atoms with van der Waals surface area (Å²) in [6, 6.07) is 6.16. The van der Waals surface area contributed by atoms with Gasteiger partial charge in [-0.15, -0.1) is 0 Å². The number of rotatable bonds is 4. The van der Waals surface area contributed by atoms with Crippen molar-refractivity contribution < 1.29 is 9.84 Å². The summed E-state index contributed by atoms with van der Waals surface area (Å²) in [6.07, 6.45) is 1.40. The van der Waals surface area contributed by atoms with Crippen LogP contribution in [0.5, 0.6) is 11.5 Å². The minimum atomic E-state index is -0.264. The van der Waals surface area contributed by atoms with E-state index >= 15 is 0 Å². The molecular weight excluding hydrogens is 260 g/mol. The van der Waals surface area contributed by atoms with E-state index < -0.39 is 0 Å². The van der Waals surface area contributed by atoms with Crippen LogP contribution in [0.3, 0.4) is 0 Å². The molecule has 1 heterocycles. The largest absolute Gasteiger partial charge is 0.507 e. The Morgan fingerprint density at radius 3 is 2.95 bits per heavy atom. The molecule has 20 heavy (non-hydrogen) atoms. The van der Waals surface area contributed by atoms with E-state index in [1.165, 1.54) is 25.5 Å². The number of aryl methyl sites for hydroxylation is 1. The Bertz CT molecular complexity index is 694. The van der Waals surface area contributed by atoms with E-state index in [2.05, 4.69) is 20.5 Å². The van der Waals surface area contributed by atoms with Gasteiger partial charge in [0, 0.05) is 17.3 Å². The predicted octanol–water partition coefficient (Wildman–Crippen LogP) is 1.24. The second-order valence-electron chi connectivity index (χ2n) is 4.03. The van der Waals surface area contributed by atoms with E-state index in [-0.39, 0.29) is 17.3 Å². The zero-order valence-electron chi connectivity index (χ0n) is 11.0. The van der Waals surface area contributed by atoms with Gasteiger partial charge in [-0.05, 0) is 25.1 Å². The SMILES string of the molecule is COc1ccc(O)c(C=NNc2nc(C)cc(=O)[nH]2)c1. The van der Waals surface area contributed by atoms with Gasteiger partial charge < -0.3 is 9.84 Å². The number of benzene rings is 1. The average molecular weight is 274 g/mol. The smallest absolute Gasteiger partial charge is 0.252 e. The molecule has 3 N–H and O–H groups in total. The van der Waals surface area contributed by atoms with Crippen molar-refractivity contribution in [2.45, 2.75) is 6.92 Å². The van der Waals surface area contributed by atoms with Crippen molar-refractivity contribution in [3.63, 3.8) is 0 Å². The highest BCUT2D eigenvalue weighted by Crippen LogP contribution is 2.21. The van der Waals surface area contributed by atoms with Crippen molar-refractivity contribution >= 4 is 12.2 Å². The maximum atomic E-state index is 11.2. The van der Waals surface area contributed by atoms with Crippen molar-refractivity contribution in [3.05, 3.63) is 45.9 Å². The molecule has 7 nitrogen and oxygen atoms in total. The van der Waals surface area contributed by atoms with E-state index in [0.29, 0.717) is 17.0 Å². The van der Waals surface area contributed by atoms with Gasteiger partial charge in [0.2, 0.25) is 5.95 Å². The molecule has 0 radical (unpaired) electrons. The lowest BCUT2D eigenvalue weighted by Crippen LogP contribution is -2.10. The first-order valence-corrected chi connectivity index (χ1v) is 5.82. The standard InChI is InChI=1S/C13H14N4O3/c1-8-5-12(19)16-13(15-8)17-14-7-9-6-10(20-2)3-4-11(9)18/h3-7,18H,1-2H3,(H2,15,16,17,19). The number of phenols is 1. The highest BCUT2D eigenvalue weighted by atomic mass is 16.5. The van der Waals surface area contributed by atoms with Crippen molar-refractivity contribution in [3.8, 4) is 11.5 Å². The van der Waals surface area contributed by atoms with Crippen LogP contribution in [0.4, 0.5) is 5.95 Å². The summed E-state index contributed by atoms with van der Waals surface area (Å²) in [7, 11) is 1.53. The molecule has 1 aromatic carbocycles. The molecule has 2 aromatic rings. The number of anilines is 1. The number of aromatic nitrogens is 2. The second kappa shape index (κ2) is 5.87. The predicted molar refractivity (Wildman–Crippen MR) is 75.5 cm³/mol. The van der Waals surface area contributed by atoms with Gasteiger partial charge in [-0.1, -0.05) is 0 Å². The topological polar surface area (TPSA) is 99.6 Å². The molecule has 104 valence electrons. The van der Waals surface area contributed by atoms with E-state index in [9.17, 15) is 9.90 Å². The highest BCUT2D eigenvalue weighted by Gasteiger charge is 2.01. The number of methoxy groups -OCH3 is 1. The minimum Gasteiger partial charge on any atom is -0.507 e. The van der Waals surface area contributed by atoms with Crippen LogP contribution in [0.15, 0.2) is 34.2 Å². The van der Waals surface area contributed by atoms with Gasteiger partial charge in [-0.2, -0.15) is 5.10 Å². The van der Waals surface area contributed by atoms with Gasteiger partial charge in [-0.3, -0.25) is 9.78 Å². The van der Waals surface area contributed by atoms with Gasteiger partial charge in [0.1, 0.15) is 11.5 Å². The van der Waals surface area contributed by atoms with Gasteiger partial charge in [0.25, 0.3) is 5.56 Å². The third-order valence-electron chi connectivity index (χ3n) is 2.48. The zero-order chi connectivity index (χ0) is 14.5. The number of aromatic hydroxyl groups is 1. The van der Waals surface area contributed by atoms with Crippen LogP contribution < -0.4 is 15.7 Å². The lowest BCUT2D eigenvalue weighted by Gasteiger charge is -2.03. The van der Waals surface area contributed by atoms with Crippen LogP contribution in [-0.4, -0.2) is 28.4 Å². The van der Waals surface area contributed by atoms with Gasteiger partial charge in [-0.25, -0.2) is 10.4 Å². The van der Waals surface area contributed by atoms with Crippen LogP contribution in [0, 0.1) is 6.92 Å². The van der Waals surface area contributed by atoms with Crippen LogP contribution >= 0.6 is 0 Å².